The smallest absolute Gasteiger partial charge is 0.238 e. The number of allylic oxidation sites excluding steroid dienone is 2. The van der Waals surface area contributed by atoms with E-state index < -0.39 is 0 Å². The molecule has 2 aromatic rings. The highest BCUT2D eigenvalue weighted by molar-refractivity contribution is 6.22. The molecule has 0 spiro atoms. The number of anilines is 1. The lowest BCUT2D eigenvalue weighted by atomic mass is 9.63. The summed E-state index contributed by atoms with van der Waals surface area (Å²) < 4.78 is 10.7. The monoisotopic (exact) mass is 429 g/mol. The number of methoxy groups -OCH3 is 1. The third-order valence-electron chi connectivity index (χ3n) is 7.54. The van der Waals surface area contributed by atoms with Crippen molar-refractivity contribution >= 4 is 23.3 Å². The van der Waals surface area contributed by atoms with Crippen LogP contribution in [0.5, 0.6) is 11.5 Å². The van der Waals surface area contributed by atoms with Gasteiger partial charge in [0.2, 0.25) is 11.8 Å². The Hall–Kier alpha value is -3.41. The second-order valence-corrected chi connectivity index (χ2v) is 9.10. The van der Waals surface area contributed by atoms with E-state index in [9.17, 15) is 14.4 Å². The van der Waals surface area contributed by atoms with Gasteiger partial charge in [0, 0.05) is 5.56 Å². The van der Waals surface area contributed by atoms with Gasteiger partial charge in [0.1, 0.15) is 11.5 Å². The Balaban J connectivity index is 1.14. The molecule has 0 N–H and O–H groups in total. The summed E-state index contributed by atoms with van der Waals surface area (Å²) in [4.78, 5) is 40.1. The highest BCUT2D eigenvalue weighted by Crippen LogP contribution is 2.65. The predicted molar refractivity (Wildman–Crippen MR) is 116 cm³/mol. The molecule has 5 aliphatic rings. The number of carbonyl (C=O) groups excluding carboxylic acids is 3. The van der Waals surface area contributed by atoms with Gasteiger partial charge in [-0.25, -0.2) is 0 Å². The van der Waals surface area contributed by atoms with Crippen molar-refractivity contribution in [2.45, 2.75) is 6.42 Å². The number of ketones is 1. The Morgan fingerprint density at radius 3 is 2.00 bits per heavy atom. The Morgan fingerprint density at radius 1 is 0.875 bits per heavy atom. The molecule has 0 unspecified atom stereocenters. The van der Waals surface area contributed by atoms with E-state index >= 15 is 0 Å². The van der Waals surface area contributed by atoms with Crippen molar-refractivity contribution in [3.05, 3.63) is 66.2 Å². The third-order valence-corrected chi connectivity index (χ3v) is 7.54. The van der Waals surface area contributed by atoms with Crippen molar-refractivity contribution in [2.75, 3.05) is 18.6 Å². The topological polar surface area (TPSA) is 72.9 Å². The van der Waals surface area contributed by atoms with Gasteiger partial charge in [-0.3, -0.25) is 19.3 Å². The maximum Gasteiger partial charge on any atom is 0.238 e. The summed E-state index contributed by atoms with van der Waals surface area (Å²) in [6.45, 7) is -0.102. The molecule has 1 saturated heterocycles. The molecular formula is C26H23NO5. The molecule has 1 aliphatic heterocycles. The Bertz CT molecular complexity index is 1100. The minimum atomic E-state index is -0.209. The van der Waals surface area contributed by atoms with Crippen LogP contribution >= 0.6 is 0 Å². The minimum absolute atomic E-state index is 0.0759. The third kappa shape index (κ3) is 2.82. The molecule has 6 heteroatoms. The van der Waals surface area contributed by atoms with Gasteiger partial charge in [-0.1, -0.05) is 12.2 Å². The lowest BCUT2D eigenvalue weighted by molar-refractivity contribution is -0.124. The summed E-state index contributed by atoms with van der Waals surface area (Å²) >= 11 is 0. The predicted octanol–water partition coefficient (Wildman–Crippen LogP) is 3.51. The van der Waals surface area contributed by atoms with Gasteiger partial charge in [0.05, 0.1) is 24.6 Å². The molecule has 3 fully saturated rings. The van der Waals surface area contributed by atoms with E-state index in [1.54, 1.807) is 55.6 Å². The molecule has 6 nitrogen and oxygen atoms in total. The Kier molecular flexibility index (Phi) is 4.25. The van der Waals surface area contributed by atoms with Crippen LogP contribution in [-0.2, 0) is 9.59 Å². The van der Waals surface area contributed by atoms with E-state index in [0.717, 1.165) is 6.42 Å². The molecule has 2 saturated carbocycles. The first-order valence-corrected chi connectivity index (χ1v) is 11.0. The molecule has 1 heterocycles. The van der Waals surface area contributed by atoms with Crippen LogP contribution in [0.15, 0.2) is 60.7 Å². The van der Waals surface area contributed by atoms with Crippen molar-refractivity contribution in [3.8, 4) is 11.5 Å². The number of amides is 2. The standard InChI is InChI=1S/C26H23NO5/c1-31-16-6-2-14(3-7-16)22(28)13-32-17-8-4-15(5-9-17)27-25(29)23-18-10-11-19(21-12-20(18)21)24(23)26(27)30/h2-11,18-21,23-24H,12-13H2,1H3/t18-,19-,20-,21-,23+,24+/m0/s1. The first-order valence-electron chi connectivity index (χ1n) is 11.0. The van der Waals surface area contributed by atoms with Gasteiger partial charge >= 0.3 is 0 Å². The largest absolute Gasteiger partial charge is 0.497 e. The molecule has 2 bridgehead atoms. The van der Waals surface area contributed by atoms with Gasteiger partial charge in [-0.15, -0.1) is 0 Å². The van der Waals surface area contributed by atoms with E-state index in [4.69, 9.17) is 9.47 Å². The molecule has 162 valence electrons. The lowest BCUT2D eigenvalue weighted by Gasteiger charge is -2.37. The zero-order valence-corrected chi connectivity index (χ0v) is 17.6. The molecule has 4 aliphatic carbocycles. The van der Waals surface area contributed by atoms with E-state index in [-0.39, 0.29) is 47.9 Å². The van der Waals surface area contributed by atoms with E-state index in [1.165, 1.54) is 4.90 Å². The van der Waals surface area contributed by atoms with Crippen LogP contribution in [0.3, 0.4) is 0 Å². The van der Waals surface area contributed by atoms with E-state index in [2.05, 4.69) is 12.2 Å². The number of imide groups is 1. The zero-order valence-electron chi connectivity index (χ0n) is 17.6. The summed E-state index contributed by atoms with van der Waals surface area (Å²) in [6.07, 6.45) is 5.49. The SMILES string of the molecule is COc1ccc(C(=O)COc2ccc(N3C(=O)[C@@H]4[C@H]5C=C[C@@H]([C@@H]6C[C@@H]56)[C@H]4C3=O)cc2)cc1. The van der Waals surface area contributed by atoms with Crippen LogP contribution in [0.2, 0.25) is 0 Å². The Labute approximate surface area is 185 Å². The minimum Gasteiger partial charge on any atom is -0.497 e. The first kappa shape index (κ1) is 19.3. The molecule has 7 rings (SSSR count). The molecule has 0 radical (unpaired) electrons. The van der Waals surface area contributed by atoms with Gasteiger partial charge in [-0.2, -0.15) is 0 Å². The number of Topliss-reactive ketones (excluding diaryl/α,β-unsaturated/α-hetero) is 1. The maximum absolute atomic E-state index is 13.2. The summed E-state index contributed by atoms with van der Waals surface area (Å²) in [5.41, 5.74) is 1.11. The highest BCUT2D eigenvalue weighted by atomic mass is 16.5. The normalized spacial score (nSPS) is 31.3. The van der Waals surface area contributed by atoms with Crippen molar-refractivity contribution in [1.29, 1.82) is 0 Å². The summed E-state index contributed by atoms with van der Waals surface area (Å²) in [5, 5.41) is 0. The summed E-state index contributed by atoms with van der Waals surface area (Å²) in [7, 11) is 1.57. The lowest BCUT2D eigenvalue weighted by Crippen LogP contribution is -2.40. The van der Waals surface area contributed by atoms with Gasteiger partial charge in [0.25, 0.3) is 0 Å². The summed E-state index contributed by atoms with van der Waals surface area (Å²) in [5.74, 6) is 2.07. The van der Waals surface area contributed by atoms with E-state index in [1.807, 2.05) is 0 Å². The van der Waals surface area contributed by atoms with Crippen LogP contribution in [0.4, 0.5) is 5.69 Å². The number of hydrogen-bond acceptors (Lipinski definition) is 5. The van der Waals surface area contributed by atoms with Gasteiger partial charge < -0.3 is 9.47 Å². The fraction of sp³-hybridized carbons (Fsp3) is 0.346. The number of nitrogens with zero attached hydrogens (tertiary/aromatic N) is 1. The van der Waals surface area contributed by atoms with Crippen molar-refractivity contribution < 1.29 is 23.9 Å². The van der Waals surface area contributed by atoms with Crippen molar-refractivity contribution in [3.63, 3.8) is 0 Å². The fourth-order valence-electron chi connectivity index (χ4n) is 5.91. The number of rotatable bonds is 6. The summed E-state index contributed by atoms with van der Waals surface area (Å²) in [6, 6.07) is 13.7. The van der Waals surface area contributed by atoms with Crippen molar-refractivity contribution in [2.24, 2.45) is 35.5 Å². The number of ether oxygens (including phenoxy) is 2. The molecule has 6 atom stereocenters. The van der Waals surface area contributed by atoms with Gasteiger partial charge in [-0.05, 0) is 78.6 Å². The molecular weight excluding hydrogens is 406 g/mol. The zero-order chi connectivity index (χ0) is 22.0. The maximum atomic E-state index is 13.2. The van der Waals surface area contributed by atoms with Crippen LogP contribution in [-0.4, -0.2) is 31.3 Å². The number of hydrogen-bond donors (Lipinski definition) is 0. The number of benzene rings is 2. The number of carbonyl (C=O) groups is 3. The van der Waals surface area contributed by atoms with Crippen LogP contribution in [0, 0.1) is 35.5 Å². The second kappa shape index (κ2) is 7.05. The Morgan fingerprint density at radius 2 is 1.44 bits per heavy atom. The molecule has 32 heavy (non-hydrogen) atoms. The average molecular weight is 429 g/mol. The van der Waals surface area contributed by atoms with Gasteiger partial charge in [0.15, 0.2) is 12.4 Å². The van der Waals surface area contributed by atoms with Crippen LogP contribution in [0.25, 0.3) is 0 Å². The second-order valence-electron chi connectivity index (χ2n) is 9.10. The highest BCUT2D eigenvalue weighted by Gasteiger charge is 2.67. The average Bonchev–Trinajstić information content (AvgIpc) is 3.61. The van der Waals surface area contributed by atoms with Crippen molar-refractivity contribution in [1.82, 2.24) is 0 Å². The molecule has 0 aromatic heterocycles. The quantitative estimate of drug-likeness (QED) is 0.399. The van der Waals surface area contributed by atoms with Crippen LogP contribution in [0.1, 0.15) is 16.8 Å². The van der Waals surface area contributed by atoms with E-state index in [0.29, 0.717) is 34.6 Å². The fourth-order valence-corrected chi connectivity index (χ4v) is 5.91. The molecule has 2 amide bonds. The van der Waals surface area contributed by atoms with Crippen LogP contribution < -0.4 is 14.4 Å². The molecule has 2 aromatic carbocycles. The first-order chi connectivity index (χ1) is 15.6.